The summed E-state index contributed by atoms with van der Waals surface area (Å²) in [6.07, 6.45) is 9.11. The van der Waals surface area contributed by atoms with Crippen molar-refractivity contribution in [3.63, 3.8) is 0 Å². The average Bonchev–Trinajstić information content (AvgIpc) is 3.24. The van der Waals surface area contributed by atoms with Crippen LogP contribution in [-0.4, -0.2) is 51.0 Å². The summed E-state index contributed by atoms with van der Waals surface area (Å²) in [5, 5.41) is 2.87. The lowest BCUT2D eigenvalue weighted by molar-refractivity contribution is 0.0273. The second-order valence-electron chi connectivity index (χ2n) is 7.38. The Morgan fingerprint density at radius 1 is 1.04 bits per heavy atom. The highest BCUT2D eigenvalue weighted by Crippen LogP contribution is 2.21. The third-order valence-electron chi connectivity index (χ3n) is 5.33. The number of sulfonamides is 1. The minimum atomic E-state index is -3.43. The molecule has 27 heavy (non-hydrogen) atoms. The van der Waals surface area contributed by atoms with Crippen molar-refractivity contribution in [1.29, 1.82) is 0 Å². The van der Waals surface area contributed by atoms with E-state index in [4.69, 9.17) is 4.74 Å². The van der Waals surface area contributed by atoms with Crippen LogP contribution in [0.1, 0.15) is 61.7 Å². The predicted molar refractivity (Wildman–Crippen MR) is 104 cm³/mol. The van der Waals surface area contributed by atoms with Gasteiger partial charge in [-0.1, -0.05) is 19.3 Å². The molecule has 0 spiro atoms. The van der Waals surface area contributed by atoms with Gasteiger partial charge in [-0.2, -0.15) is 4.31 Å². The fourth-order valence-electron chi connectivity index (χ4n) is 3.71. The van der Waals surface area contributed by atoms with Crippen LogP contribution in [0.3, 0.4) is 0 Å². The number of rotatable bonds is 8. The highest BCUT2D eigenvalue weighted by atomic mass is 32.2. The van der Waals surface area contributed by atoms with Gasteiger partial charge in [-0.25, -0.2) is 8.42 Å². The molecule has 1 aromatic rings. The Morgan fingerprint density at radius 3 is 2.37 bits per heavy atom. The Hall–Kier alpha value is -1.44. The maximum absolute atomic E-state index is 12.5. The summed E-state index contributed by atoms with van der Waals surface area (Å²) in [5.41, 5.74) is 0.476. The molecule has 1 saturated carbocycles. The Morgan fingerprint density at radius 2 is 1.70 bits per heavy atom. The highest BCUT2D eigenvalue weighted by Gasteiger charge is 2.27. The lowest BCUT2D eigenvalue weighted by Gasteiger charge is -2.21. The van der Waals surface area contributed by atoms with Gasteiger partial charge in [0.05, 0.1) is 11.0 Å². The van der Waals surface area contributed by atoms with Crippen LogP contribution in [-0.2, 0) is 14.8 Å². The van der Waals surface area contributed by atoms with Gasteiger partial charge < -0.3 is 10.1 Å². The number of hydrogen-bond donors (Lipinski definition) is 1. The lowest BCUT2D eigenvalue weighted by Crippen LogP contribution is -2.28. The molecule has 3 rings (SSSR count). The van der Waals surface area contributed by atoms with Crippen molar-refractivity contribution < 1.29 is 17.9 Å². The van der Waals surface area contributed by atoms with E-state index < -0.39 is 10.0 Å². The van der Waals surface area contributed by atoms with Crippen LogP contribution in [0.2, 0.25) is 0 Å². The van der Waals surface area contributed by atoms with E-state index in [1.807, 2.05) is 0 Å². The minimum absolute atomic E-state index is 0.183. The number of benzene rings is 1. The standard InChI is InChI=1S/C20H30N2O4S/c23-20(21-13-6-16-26-18-7-2-1-3-8-18)17-9-11-19(12-10-17)27(24,25)22-14-4-5-15-22/h9-12,18H,1-8,13-16H2,(H,21,23). The Bertz CT molecular complexity index is 706. The fourth-order valence-corrected chi connectivity index (χ4v) is 5.23. The van der Waals surface area contributed by atoms with Crippen LogP contribution in [0.15, 0.2) is 29.2 Å². The molecule has 2 aliphatic rings. The molecule has 1 aliphatic carbocycles. The van der Waals surface area contributed by atoms with Crippen LogP contribution < -0.4 is 5.32 Å². The molecule has 1 amide bonds. The molecule has 150 valence electrons. The molecule has 1 heterocycles. The first kappa shape index (κ1) is 20.3. The van der Waals surface area contributed by atoms with Crippen molar-refractivity contribution in [1.82, 2.24) is 9.62 Å². The first-order chi connectivity index (χ1) is 13.1. The molecular formula is C20H30N2O4S. The van der Waals surface area contributed by atoms with Crippen LogP contribution >= 0.6 is 0 Å². The third-order valence-corrected chi connectivity index (χ3v) is 7.24. The SMILES string of the molecule is O=C(NCCCOC1CCCCC1)c1ccc(S(=O)(=O)N2CCCC2)cc1. The van der Waals surface area contributed by atoms with Gasteiger partial charge in [-0.15, -0.1) is 0 Å². The van der Waals surface area contributed by atoms with Gasteiger partial charge in [0.15, 0.2) is 0 Å². The third kappa shape index (κ3) is 5.53. The molecule has 1 saturated heterocycles. The lowest BCUT2D eigenvalue weighted by atomic mass is 9.98. The number of carbonyl (C=O) groups excluding carboxylic acids is 1. The molecule has 6 nitrogen and oxygen atoms in total. The monoisotopic (exact) mass is 394 g/mol. The zero-order chi connectivity index (χ0) is 19.1. The van der Waals surface area contributed by atoms with Crippen molar-refractivity contribution in [2.75, 3.05) is 26.2 Å². The molecule has 1 N–H and O–H groups in total. The first-order valence-electron chi connectivity index (χ1n) is 10.1. The summed E-state index contributed by atoms with van der Waals surface area (Å²) in [5.74, 6) is -0.183. The number of hydrogen-bond acceptors (Lipinski definition) is 4. The van der Waals surface area contributed by atoms with Gasteiger partial charge in [0.2, 0.25) is 10.0 Å². The van der Waals surface area contributed by atoms with Gasteiger partial charge >= 0.3 is 0 Å². The molecule has 1 aromatic carbocycles. The van der Waals surface area contributed by atoms with E-state index in [0.29, 0.717) is 37.9 Å². The number of nitrogens with zero attached hydrogens (tertiary/aromatic N) is 1. The summed E-state index contributed by atoms with van der Waals surface area (Å²) in [6.45, 7) is 2.37. The van der Waals surface area contributed by atoms with Crippen LogP contribution in [0.25, 0.3) is 0 Å². The van der Waals surface area contributed by atoms with Crippen molar-refractivity contribution in [2.45, 2.75) is 62.4 Å². The summed E-state index contributed by atoms with van der Waals surface area (Å²) in [7, 11) is -3.43. The average molecular weight is 395 g/mol. The van der Waals surface area contributed by atoms with Gasteiger partial charge in [-0.05, 0) is 56.4 Å². The Labute approximate surface area is 162 Å². The fraction of sp³-hybridized carbons (Fsp3) is 0.650. The van der Waals surface area contributed by atoms with Crippen molar-refractivity contribution in [3.8, 4) is 0 Å². The Balaban J connectivity index is 1.42. The molecule has 2 fully saturated rings. The molecule has 0 unspecified atom stereocenters. The molecule has 0 bridgehead atoms. The number of nitrogens with one attached hydrogen (secondary N) is 1. The van der Waals surface area contributed by atoms with E-state index in [1.165, 1.54) is 35.7 Å². The van der Waals surface area contributed by atoms with E-state index in [0.717, 1.165) is 32.1 Å². The molecule has 1 aliphatic heterocycles. The minimum Gasteiger partial charge on any atom is -0.378 e. The number of amides is 1. The summed E-state index contributed by atoms with van der Waals surface area (Å²) in [6, 6.07) is 6.21. The second-order valence-corrected chi connectivity index (χ2v) is 9.31. The molecule has 0 radical (unpaired) electrons. The van der Waals surface area contributed by atoms with Crippen molar-refractivity contribution >= 4 is 15.9 Å². The molecule has 0 atom stereocenters. The first-order valence-corrected chi connectivity index (χ1v) is 11.5. The predicted octanol–water partition coefficient (Wildman–Crippen LogP) is 2.94. The van der Waals surface area contributed by atoms with Crippen molar-refractivity contribution in [3.05, 3.63) is 29.8 Å². The Kier molecular flexibility index (Phi) is 7.26. The van der Waals surface area contributed by atoms with E-state index in [-0.39, 0.29) is 10.8 Å². The second kappa shape index (κ2) is 9.66. The zero-order valence-corrected chi connectivity index (χ0v) is 16.7. The maximum Gasteiger partial charge on any atom is 0.251 e. The summed E-state index contributed by atoms with van der Waals surface area (Å²) < 4.78 is 32.4. The summed E-state index contributed by atoms with van der Waals surface area (Å²) >= 11 is 0. The van der Waals surface area contributed by atoms with Crippen LogP contribution in [0.4, 0.5) is 0 Å². The van der Waals surface area contributed by atoms with Crippen LogP contribution in [0, 0.1) is 0 Å². The van der Waals surface area contributed by atoms with Gasteiger partial charge in [-0.3, -0.25) is 4.79 Å². The summed E-state index contributed by atoms with van der Waals surface area (Å²) in [4.78, 5) is 12.5. The van der Waals surface area contributed by atoms with E-state index in [1.54, 1.807) is 12.1 Å². The normalized spacial score (nSPS) is 19.3. The zero-order valence-electron chi connectivity index (χ0n) is 15.9. The number of ether oxygens (including phenoxy) is 1. The highest BCUT2D eigenvalue weighted by molar-refractivity contribution is 7.89. The largest absolute Gasteiger partial charge is 0.378 e. The maximum atomic E-state index is 12.5. The van der Waals surface area contributed by atoms with Gasteiger partial charge in [0, 0.05) is 31.8 Å². The topological polar surface area (TPSA) is 75.7 Å². The van der Waals surface area contributed by atoms with Crippen LogP contribution in [0.5, 0.6) is 0 Å². The number of carbonyl (C=O) groups is 1. The quantitative estimate of drug-likeness (QED) is 0.688. The van der Waals surface area contributed by atoms with E-state index in [2.05, 4.69) is 5.32 Å². The molecule has 0 aromatic heterocycles. The van der Waals surface area contributed by atoms with Gasteiger partial charge in [0.25, 0.3) is 5.91 Å². The van der Waals surface area contributed by atoms with Gasteiger partial charge in [0.1, 0.15) is 0 Å². The van der Waals surface area contributed by atoms with E-state index in [9.17, 15) is 13.2 Å². The van der Waals surface area contributed by atoms with E-state index >= 15 is 0 Å². The van der Waals surface area contributed by atoms with Crippen molar-refractivity contribution in [2.24, 2.45) is 0 Å². The molecular weight excluding hydrogens is 364 g/mol. The smallest absolute Gasteiger partial charge is 0.251 e. The molecule has 7 heteroatoms.